The van der Waals surface area contributed by atoms with Crippen molar-refractivity contribution in [1.29, 1.82) is 0 Å². The third kappa shape index (κ3) is 2.60. The summed E-state index contributed by atoms with van der Waals surface area (Å²) in [5, 5.41) is 11.1. The van der Waals surface area contributed by atoms with Crippen molar-refractivity contribution in [1.82, 2.24) is 0 Å². The lowest BCUT2D eigenvalue weighted by Gasteiger charge is -2.37. The maximum atomic E-state index is 12.8. The molecule has 2 heterocycles. The van der Waals surface area contributed by atoms with Gasteiger partial charge >= 0.3 is 5.97 Å². The molecule has 0 radical (unpaired) electrons. The van der Waals surface area contributed by atoms with E-state index >= 15 is 0 Å². The van der Waals surface area contributed by atoms with Crippen LogP contribution < -0.4 is 23.7 Å². The number of methoxy groups -OCH3 is 3. The van der Waals surface area contributed by atoms with E-state index in [9.17, 15) is 9.90 Å². The van der Waals surface area contributed by atoms with Gasteiger partial charge in [-0.2, -0.15) is 0 Å². The molecule has 0 saturated carbocycles. The first-order valence-electron chi connectivity index (χ1n) is 9.65. The number of hydrogen-bond donors (Lipinski definition) is 1. The van der Waals surface area contributed by atoms with Gasteiger partial charge < -0.3 is 33.5 Å². The second-order valence-corrected chi connectivity index (χ2v) is 7.52. The Morgan fingerprint density at radius 1 is 0.900 bits per heavy atom. The van der Waals surface area contributed by atoms with E-state index in [-0.39, 0.29) is 19.4 Å². The molecule has 1 N–H and O–H groups in total. The van der Waals surface area contributed by atoms with Crippen molar-refractivity contribution in [3.05, 3.63) is 41.0 Å². The molecule has 0 bridgehead atoms. The molecule has 0 aromatic heterocycles. The summed E-state index contributed by atoms with van der Waals surface area (Å²) in [6.45, 7) is 0.263. The van der Waals surface area contributed by atoms with E-state index in [2.05, 4.69) is 0 Å². The highest BCUT2D eigenvalue weighted by Gasteiger charge is 2.53. The van der Waals surface area contributed by atoms with E-state index in [0.717, 1.165) is 5.56 Å². The zero-order chi connectivity index (χ0) is 21.0. The number of cyclic esters (lactones) is 1. The predicted octanol–water partition coefficient (Wildman–Crippen LogP) is 2.41. The van der Waals surface area contributed by atoms with Crippen molar-refractivity contribution in [2.24, 2.45) is 11.8 Å². The number of rotatable bonds is 4. The number of fused-ring (bicyclic) bond motifs is 3. The summed E-state index contributed by atoms with van der Waals surface area (Å²) in [6.07, 6.45) is -0.863. The van der Waals surface area contributed by atoms with Crippen molar-refractivity contribution < 1.29 is 38.3 Å². The topological polar surface area (TPSA) is 92.7 Å². The standard InChI is InChI=1S/C22H22O8/c1-25-10-4-16(26-2)20(17(5-10)27-3)18-11-6-14-15(30-9-29-14)7-12(11)21(23)13-8-28-22(24)19(13)18/h4-7,13,18-19,21,23H,8-9H2,1-3H3/t13-,18+,19+,21-/m0/s1. The van der Waals surface area contributed by atoms with Gasteiger partial charge in [-0.05, 0) is 23.3 Å². The average Bonchev–Trinajstić information content (AvgIpc) is 3.39. The highest BCUT2D eigenvalue weighted by molar-refractivity contribution is 5.79. The fourth-order valence-corrected chi connectivity index (χ4v) is 4.82. The Bertz CT molecular complexity index is 991. The predicted molar refractivity (Wildman–Crippen MR) is 103 cm³/mol. The fourth-order valence-electron chi connectivity index (χ4n) is 4.82. The quantitative estimate of drug-likeness (QED) is 0.763. The number of esters is 1. The van der Waals surface area contributed by atoms with Crippen LogP contribution in [0, 0.1) is 11.8 Å². The molecule has 0 amide bonds. The van der Waals surface area contributed by atoms with Gasteiger partial charge in [0.2, 0.25) is 6.79 Å². The number of carbonyl (C=O) groups is 1. The van der Waals surface area contributed by atoms with Crippen molar-refractivity contribution in [2.45, 2.75) is 12.0 Å². The highest BCUT2D eigenvalue weighted by Crippen LogP contribution is 2.57. The van der Waals surface area contributed by atoms with E-state index in [1.807, 2.05) is 6.07 Å². The molecule has 3 aliphatic rings. The normalized spacial score (nSPS) is 25.9. The Kier molecular flexibility index (Phi) is 4.39. The Labute approximate surface area is 173 Å². The van der Waals surface area contributed by atoms with Crippen molar-refractivity contribution in [2.75, 3.05) is 34.7 Å². The molecule has 0 unspecified atom stereocenters. The molecule has 4 atom stereocenters. The minimum absolute atomic E-state index is 0.114. The van der Waals surface area contributed by atoms with E-state index in [0.29, 0.717) is 39.9 Å². The summed E-state index contributed by atoms with van der Waals surface area (Å²) >= 11 is 0. The fraction of sp³-hybridized carbons (Fsp3) is 0.409. The molecule has 158 valence electrons. The van der Waals surface area contributed by atoms with Crippen LogP contribution in [-0.4, -0.2) is 45.8 Å². The van der Waals surface area contributed by atoms with E-state index in [1.54, 1.807) is 39.5 Å². The summed E-state index contributed by atoms with van der Waals surface area (Å²) in [5.41, 5.74) is 2.14. The van der Waals surface area contributed by atoms with E-state index in [1.165, 1.54) is 0 Å². The number of carbonyl (C=O) groups excluding carboxylic acids is 1. The maximum Gasteiger partial charge on any atom is 0.310 e. The molecule has 1 saturated heterocycles. The molecule has 1 aliphatic carbocycles. The first-order valence-corrected chi connectivity index (χ1v) is 9.65. The van der Waals surface area contributed by atoms with Crippen LogP contribution in [-0.2, 0) is 9.53 Å². The highest BCUT2D eigenvalue weighted by atomic mass is 16.7. The Balaban J connectivity index is 1.79. The zero-order valence-electron chi connectivity index (χ0n) is 16.8. The molecule has 1 fully saturated rings. The van der Waals surface area contributed by atoms with Crippen LogP contribution in [0.4, 0.5) is 0 Å². The lowest BCUT2D eigenvalue weighted by atomic mass is 9.66. The number of hydrogen-bond acceptors (Lipinski definition) is 8. The third-order valence-corrected chi connectivity index (χ3v) is 6.21. The van der Waals surface area contributed by atoms with Crippen LogP contribution in [0.3, 0.4) is 0 Å². The van der Waals surface area contributed by atoms with Crippen LogP contribution >= 0.6 is 0 Å². The van der Waals surface area contributed by atoms with Crippen molar-refractivity contribution in [3.8, 4) is 28.7 Å². The summed E-state index contributed by atoms with van der Waals surface area (Å²) < 4.78 is 33.2. The van der Waals surface area contributed by atoms with Gasteiger partial charge in [0.15, 0.2) is 11.5 Å². The molecule has 5 rings (SSSR count). The van der Waals surface area contributed by atoms with Crippen molar-refractivity contribution in [3.63, 3.8) is 0 Å². The van der Waals surface area contributed by atoms with Gasteiger partial charge in [0.1, 0.15) is 17.2 Å². The largest absolute Gasteiger partial charge is 0.496 e. The molecule has 0 spiro atoms. The molecular weight excluding hydrogens is 392 g/mol. The van der Waals surface area contributed by atoms with E-state index < -0.39 is 23.9 Å². The number of benzene rings is 2. The third-order valence-electron chi connectivity index (χ3n) is 6.21. The van der Waals surface area contributed by atoms with Gasteiger partial charge in [-0.15, -0.1) is 0 Å². The van der Waals surface area contributed by atoms with Crippen LogP contribution in [0.15, 0.2) is 24.3 Å². The molecule has 2 aromatic carbocycles. The second kappa shape index (κ2) is 6.98. The molecule has 2 aliphatic heterocycles. The van der Waals surface area contributed by atoms with Crippen LogP contribution in [0.5, 0.6) is 28.7 Å². The Morgan fingerprint density at radius 3 is 2.13 bits per heavy atom. The van der Waals surface area contributed by atoms with Gasteiger partial charge in [0.05, 0.1) is 40.0 Å². The van der Waals surface area contributed by atoms with Crippen LogP contribution in [0.1, 0.15) is 28.7 Å². The summed E-state index contributed by atoms with van der Waals surface area (Å²) in [7, 11) is 4.67. The molecule has 8 nitrogen and oxygen atoms in total. The van der Waals surface area contributed by atoms with Crippen molar-refractivity contribution >= 4 is 5.97 Å². The molecule has 30 heavy (non-hydrogen) atoms. The number of aliphatic hydroxyl groups excluding tert-OH is 1. The molecule has 8 heteroatoms. The van der Waals surface area contributed by atoms with Gasteiger partial charge in [-0.3, -0.25) is 4.79 Å². The molecular formula is C22H22O8. The zero-order valence-corrected chi connectivity index (χ0v) is 16.8. The number of ether oxygens (including phenoxy) is 6. The van der Waals surface area contributed by atoms with Gasteiger partial charge in [-0.1, -0.05) is 0 Å². The van der Waals surface area contributed by atoms with Gasteiger partial charge in [-0.25, -0.2) is 0 Å². The lowest BCUT2D eigenvalue weighted by Crippen LogP contribution is -2.35. The van der Waals surface area contributed by atoms with Gasteiger partial charge in [0, 0.05) is 29.5 Å². The Morgan fingerprint density at radius 2 is 1.53 bits per heavy atom. The minimum atomic E-state index is -0.863. The van der Waals surface area contributed by atoms with Crippen LogP contribution in [0.2, 0.25) is 0 Å². The average molecular weight is 414 g/mol. The number of aliphatic hydroxyl groups is 1. The van der Waals surface area contributed by atoms with E-state index in [4.69, 9.17) is 28.4 Å². The Hall–Kier alpha value is -3.13. The monoisotopic (exact) mass is 414 g/mol. The SMILES string of the molecule is COc1cc(OC)c([C@@H]2c3cc4c(cc3[C@H](O)[C@H]3COC(=O)[C@@H]23)OCO4)c(OC)c1. The van der Waals surface area contributed by atoms with Crippen LogP contribution in [0.25, 0.3) is 0 Å². The first-order chi connectivity index (χ1) is 14.6. The minimum Gasteiger partial charge on any atom is -0.496 e. The summed E-state index contributed by atoms with van der Waals surface area (Å²) in [6, 6.07) is 7.13. The first kappa shape index (κ1) is 18.9. The van der Waals surface area contributed by atoms with Gasteiger partial charge in [0.25, 0.3) is 0 Å². The smallest absolute Gasteiger partial charge is 0.310 e. The summed E-state index contributed by atoms with van der Waals surface area (Å²) in [5.74, 6) is 0.951. The summed E-state index contributed by atoms with van der Waals surface area (Å²) in [4.78, 5) is 12.8. The molecule has 2 aromatic rings. The lowest BCUT2D eigenvalue weighted by molar-refractivity contribution is -0.141. The maximum absolute atomic E-state index is 12.8. The second-order valence-electron chi connectivity index (χ2n) is 7.52.